The van der Waals surface area contributed by atoms with Crippen LogP contribution in [0.25, 0.3) is 0 Å². The van der Waals surface area contributed by atoms with E-state index in [9.17, 15) is 4.79 Å². The van der Waals surface area contributed by atoms with Crippen molar-refractivity contribution < 1.29 is 4.79 Å². The molecule has 0 aliphatic carbocycles. The molecule has 2 amide bonds. The van der Waals surface area contributed by atoms with Crippen molar-refractivity contribution in [1.82, 2.24) is 5.32 Å². The number of hydrogen-bond donors (Lipinski definition) is 2. The third-order valence-corrected chi connectivity index (χ3v) is 3.49. The molecule has 0 rings (SSSR count). The van der Waals surface area contributed by atoms with Gasteiger partial charge in [-0.1, -0.05) is 64.0 Å². The molecule has 0 spiro atoms. The molecule has 0 bridgehead atoms. The van der Waals surface area contributed by atoms with Crippen LogP contribution in [0.5, 0.6) is 0 Å². The highest BCUT2D eigenvalue weighted by Crippen LogP contribution is 2.08. The normalized spacial score (nSPS) is 11.1. The number of unbranched alkanes of at least 4 members (excludes halogenated alkanes) is 10. The Balaban J connectivity index is 3.07. The Morgan fingerprint density at radius 2 is 1.35 bits per heavy atom. The molecule has 0 unspecified atom stereocenters. The average Bonchev–Trinajstić information content (AvgIpc) is 2.43. The average molecular weight is 282 g/mol. The molecule has 3 heteroatoms. The summed E-state index contributed by atoms with van der Waals surface area (Å²) in [4.78, 5) is 10.4. The standard InChI is InChI=1S/C17H34N2O/c1-2-3-4-5-6-7-8-9-10-11-12-13-14-15-16-19-17(18)20/h9-10H,2-8,11-16H2,1H3,(H3,18,19,20)/b10-9-. The van der Waals surface area contributed by atoms with Crippen LogP contribution in [0.2, 0.25) is 0 Å². The van der Waals surface area contributed by atoms with E-state index in [4.69, 9.17) is 5.73 Å². The highest BCUT2D eigenvalue weighted by Gasteiger charge is 1.92. The molecule has 0 fully saturated rings. The van der Waals surface area contributed by atoms with Crippen LogP contribution in [0, 0.1) is 0 Å². The van der Waals surface area contributed by atoms with Crippen molar-refractivity contribution in [2.24, 2.45) is 5.73 Å². The van der Waals surface area contributed by atoms with Gasteiger partial charge in [-0.25, -0.2) is 4.79 Å². The summed E-state index contributed by atoms with van der Waals surface area (Å²) < 4.78 is 0. The predicted molar refractivity (Wildman–Crippen MR) is 87.8 cm³/mol. The van der Waals surface area contributed by atoms with Gasteiger partial charge in [-0.15, -0.1) is 0 Å². The molecule has 0 heterocycles. The summed E-state index contributed by atoms with van der Waals surface area (Å²) in [5, 5.41) is 2.61. The van der Waals surface area contributed by atoms with Gasteiger partial charge >= 0.3 is 6.03 Å². The molecule has 0 radical (unpaired) electrons. The minimum Gasteiger partial charge on any atom is -0.352 e. The Kier molecular flexibility index (Phi) is 15.3. The van der Waals surface area contributed by atoms with Crippen molar-refractivity contribution >= 4 is 6.03 Å². The van der Waals surface area contributed by atoms with Crippen LogP contribution in [-0.4, -0.2) is 12.6 Å². The lowest BCUT2D eigenvalue weighted by atomic mass is 10.1. The minimum atomic E-state index is -0.414. The maximum Gasteiger partial charge on any atom is 0.312 e. The van der Waals surface area contributed by atoms with Crippen molar-refractivity contribution in [2.75, 3.05) is 6.54 Å². The van der Waals surface area contributed by atoms with Gasteiger partial charge in [0, 0.05) is 6.54 Å². The molecule has 0 aliphatic rings. The zero-order valence-electron chi connectivity index (χ0n) is 13.3. The van der Waals surface area contributed by atoms with E-state index in [1.165, 1.54) is 70.6 Å². The molecule has 0 aromatic carbocycles. The van der Waals surface area contributed by atoms with Crippen molar-refractivity contribution in [3.63, 3.8) is 0 Å². The van der Waals surface area contributed by atoms with Crippen molar-refractivity contribution in [3.8, 4) is 0 Å². The first kappa shape index (κ1) is 19.0. The molecule has 0 aliphatic heterocycles. The maximum atomic E-state index is 10.4. The molecule has 0 saturated heterocycles. The van der Waals surface area contributed by atoms with Gasteiger partial charge < -0.3 is 11.1 Å². The number of nitrogens with one attached hydrogen (secondary N) is 1. The summed E-state index contributed by atoms with van der Waals surface area (Å²) in [6.45, 7) is 2.97. The van der Waals surface area contributed by atoms with Crippen LogP contribution in [0.4, 0.5) is 4.79 Å². The molecule has 3 nitrogen and oxygen atoms in total. The smallest absolute Gasteiger partial charge is 0.312 e. The van der Waals surface area contributed by atoms with E-state index in [-0.39, 0.29) is 0 Å². The Morgan fingerprint density at radius 1 is 0.850 bits per heavy atom. The molecule has 0 aromatic heterocycles. The van der Waals surface area contributed by atoms with E-state index in [1.54, 1.807) is 0 Å². The number of allylic oxidation sites excluding steroid dienone is 2. The van der Waals surface area contributed by atoms with E-state index < -0.39 is 6.03 Å². The maximum absolute atomic E-state index is 10.4. The summed E-state index contributed by atoms with van der Waals surface area (Å²) in [6, 6.07) is -0.414. The van der Waals surface area contributed by atoms with Gasteiger partial charge in [0.25, 0.3) is 0 Å². The lowest BCUT2D eigenvalue weighted by Crippen LogP contribution is -2.29. The Labute approximate surface area is 125 Å². The zero-order chi connectivity index (χ0) is 14.9. The van der Waals surface area contributed by atoms with E-state index in [0.29, 0.717) is 6.54 Å². The number of amides is 2. The molecular weight excluding hydrogens is 248 g/mol. The monoisotopic (exact) mass is 282 g/mol. The summed E-state index contributed by atoms with van der Waals surface area (Å²) in [5.74, 6) is 0. The van der Waals surface area contributed by atoms with Gasteiger partial charge in [-0.2, -0.15) is 0 Å². The third kappa shape index (κ3) is 17.0. The Morgan fingerprint density at radius 3 is 1.90 bits per heavy atom. The van der Waals surface area contributed by atoms with E-state index in [0.717, 1.165) is 6.42 Å². The Bertz CT molecular complexity index is 239. The molecular formula is C17H34N2O. The number of urea groups is 1. The van der Waals surface area contributed by atoms with Crippen LogP contribution in [0.3, 0.4) is 0 Å². The number of carbonyl (C=O) groups is 1. The fourth-order valence-electron chi connectivity index (χ4n) is 2.23. The van der Waals surface area contributed by atoms with Crippen molar-refractivity contribution in [2.45, 2.75) is 84.0 Å². The predicted octanol–water partition coefficient (Wildman–Crippen LogP) is 4.91. The van der Waals surface area contributed by atoms with Crippen LogP contribution in [0.1, 0.15) is 84.0 Å². The quantitative estimate of drug-likeness (QED) is 0.345. The number of rotatable bonds is 14. The first-order chi connectivity index (χ1) is 9.77. The van der Waals surface area contributed by atoms with Gasteiger partial charge in [-0.3, -0.25) is 0 Å². The van der Waals surface area contributed by atoms with Crippen LogP contribution >= 0.6 is 0 Å². The summed E-state index contributed by atoms with van der Waals surface area (Å²) in [5.41, 5.74) is 4.99. The van der Waals surface area contributed by atoms with Gasteiger partial charge in [0.05, 0.1) is 0 Å². The molecule has 118 valence electrons. The highest BCUT2D eigenvalue weighted by molar-refractivity contribution is 5.71. The second kappa shape index (κ2) is 16.1. The second-order valence-corrected chi connectivity index (χ2v) is 5.52. The summed E-state index contributed by atoms with van der Waals surface area (Å²) in [6.07, 6.45) is 20.1. The highest BCUT2D eigenvalue weighted by atomic mass is 16.2. The Hall–Kier alpha value is -0.990. The van der Waals surface area contributed by atoms with Crippen molar-refractivity contribution in [3.05, 3.63) is 12.2 Å². The summed E-state index contributed by atoms with van der Waals surface area (Å²) in [7, 11) is 0. The van der Waals surface area contributed by atoms with Crippen LogP contribution in [0.15, 0.2) is 12.2 Å². The second-order valence-electron chi connectivity index (χ2n) is 5.52. The van der Waals surface area contributed by atoms with E-state index >= 15 is 0 Å². The molecule has 0 atom stereocenters. The molecule has 0 saturated carbocycles. The first-order valence-electron chi connectivity index (χ1n) is 8.45. The van der Waals surface area contributed by atoms with Gasteiger partial charge in [0.1, 0.15) is 0 Å². The molecule has 0 aromatic rings. The van der Waals surface area contributed by atoms with Crippen molar-refractivity contribution in [1.29, 1.82) is 0 Å². The van der Waals surface area contributed by atoms with Gasteiger partial charge in [0.2, 0.25) is 0 Å². The zero-order valence-corrected chi connectivity index (χ0v) is 13.3. The number of hydrogen-bond acceptors (Lipinski definition) is 1. The molecule has 3 N–H and O–H groups in total. The topological polar surface area (TPSA) is 55.1 Å². The number of carbonyl (C=O) groups excluding carboxylic acids is 1. The summed E-state index contributed by atoms with van der Waals surface area (Å²) >= 11 is 0. The van der Waals surface area contributed by atoms with E-state index in [2.05, 4.69) is 24.4 Å². The van der Waals surface area contributed by atoms with Crippen LogP contribution < -0.4 is 11.1 Å². The molecule has 20 heavy (non-hydrogen) atoms. The lowest BCUT2D eigenvalue weighted by molar-refractivity contribution is 0.248. The largest absolute Gasteiger partial charge is 0.352 e. The minimum absolute atomic E-state index is 0.414. The van der Waals surface area contributed by atoms with Crippen LogP contribution in [-0.2, 0) is 0 Å². The van der Waals surface area contributed by atoms with Gasteiger partial charge in [0.15, 0.2) is 0 Å². The lowest BCUT2D eigenvalue weighted by Gasteiger charge is -2.01. The van der Waals surface area contributed by atoms with E-state index in [1.807, 2.05) is 0 Å². The SMILES string of the molecule is CCCCCCCC/C=C\CCCCCCNC(N)=O. The third-order valence-electron chi connectivity index (χ3n) is 3.49. The number of primary amides is 1. The fourth-order valence-corrected chi connectivity index (χ4v) is 2.23. The van der Waals surface area contributed by atoms with Gasteiger partial charge in [-0.05, 0) is 32.1 Å². The fraction of sp³-hybridized carbons (Fsp3) is 0.824. The number of nitrogens with two attached hydrogens (primary N) is 1. The first-order valence-corrected chi connectivity index (χ1v) is 8.45.